The first-order valence-corrected chi connectivity index (χ1v) is 10.0. The van der Waals surface area contributed by atoms with Crippen LogP contribution in [-0.4, -0.2) is 27.8 Å². The van der Waals surface area contributed by atoms with E-state index in [0.717, 1.165) is 18.2 Å². The highest BCUT2D eigenvalue weighted by molar-refractivity contribution is 6.33. The van der Waals surface area contributed by atoms with Crippen LogP contribution in [0.5, 0.6) is 0 Å². The maximum Gasteiger partial charge on any atom is 0.253 e. The first kappa shape index (κ1) is 19.3. The molecule has 2 N–H and O–H groups in total. The lowest BCUT2D eigenvalue weighted by molar-refractivity contribution is -0.120. The summed E-state index contributed by atoms with van der Waals surface area (Å²) in [4.78, 5) is 33.6. The summed E-state index contributed by atoms with van der Waals surface area (Å²) in [7, 11) is 0. The Hall–Kier alpha value is -2.99. The zero-order valence-corrected chi connectivity index (χ0v) is 16.5. The number of benzene rings is 1. The van der Waals surface area contributed by atoms with Gasteiger partial charge < -0.3 is 10.6 Å². The smallest absolute Gasteiger partial charge is 0.253 e. The number of hydrogen-bond donors (Lipinski definition) is 2. The molecule has 1 aliphatic rings. The van der Waals surface area contributed by atoms with Gasteiger partial charge >= 0.3 is 0 Å². The molecule has 1 aliphatic carbocycles. The van der Waals surface area contributed by atoms with Crippen LogP contribution in [0, 0.1) is 5.92 Å². The van der Waals surface area contributed by atoms with Gasteiger partial charge in [0, 0.05) is 29.7 Å². The average Bonchev–Trinajstić information content (AvgIpc) is 2.75. The molecule has 0 spiro atoms. The predicted molar refractivity (Wildman–Crippen MR) is 113 cm³/mol. The van der Waals surface area contributed by atoms with Crippen molar-refractivity contribution in [1.29, 1.82) is 0 Å². The second-order valence-corrected chi connectivity index (χ2v) is 7.65. The van der Waals surface area contributed by atoms with E-state index in [-0.39, 0.29) is 23.8 Å². The van der Waals surface area contributed by atoms with E-state index >= 15 is 0 Å². The van der Waals surface area contributed by atoms with E-state index in [1.807, 2.05) is 24.3 Å². The van der Waals surface area contributed by atoms with Crippen LogP contribution in [0.4, 0.5) is 5.69 Å². The number of anilines is 1. The monoisotopic (exact) mass is 408 g/mol. The van der Waals surface area contributed by atoms with Gasteiger partial charge in [0.1, 0.15) is 0 Å². The fourth-order valence-electron chi connectivity index (χ4n) is 3.75. The molecule has 0 atom stereocenters. The van der Waals surface area contributed by atoms with Gasteiger partial charge in [0.05, 0.1) is 28.0 Å². The summed E-state index contributed by atoms with van der Waals surface area (Å²) in [5.74, 6) is -0.272. The summed E-state index contributed by atoms with van der Waals surface area (Å²) >= 11 is 6.08. The highest BCUT2D eigenvalue weighted by Crippen LogP contribution is 2.27. The molecule has 6 nitrogen and oxygen atoms in total. The van der Waals surface area contributed by atoms with Gasteiger partial charge in [0.2, 0.25) is 5.91 Å². The molecule has 1 fully saturated rings. The van der Waals surface area contributed by atoms with Crippen LogP contribution in [0.15, 0.2) is 55.0 Å². The number of pyridine rings is 2. The van der Waals surface area contributed by atoms with Crippen LogP contribution >= 0.6 is 11.6 Å². The Morgan fingerprint density at radius 3 is 2.59 bits per heavy atom. The van der Waals surface area contributed by atoms with Crippen LogP contribution in [0.2, 0.25) is 5.02 Å². The minimum Gasteiger partial charge on any atom is -0.349 e. The number of hydrogen-bond acceptors (Lipinski definition) is 4. The van der Waals surface area contributed by atoms with E-state index in [1.54, 1.807) is 30.7 Å². The molecule has 29 heavy (non-hydrogen) atoms. The third kappa shape index (κ3) is 4.38. The van der Waals surface area contributed by atoms with Gasteiger partial charge in [-0.3, -0.25) is 19.6 Å². The number of halogens is 1. The molecule has 1 saturated carbocycles. The Bertz CT molecular complexity index is 1040. The highest BCUT2D eigenvalue weighted by Gasteiger charge is 2.28. The zero-order valence-electron chi connectivity index (χ0n) is 15.8. The van der Waals surface area contributed by atoms with Crippen molar-refractivity contribution in [3.8, 4) is 0 Å². The van der Waals surface area contributed by atoms with Crippen LogP contribution in [0.3, 0.4) is 0 Å². The van der Waals surface area contributed by atoms with Crippen molar-refractivity contribution in [2.45, 2.75) is 31.7 Å². The van der Waals surface area contributed by atoms with E-state index in [0.29, 0.717) is 34.6 Å². The second kappa shape index (κ2) is 8.57. The largest absolute Gasteiger partial charge is 0.349 e. The Balaban J connectivity index is 1.34. The fraction of sp³-hybridized carbons (Fsp3) is 0.273. The maximum atomic E-state index is 12.8. The van der Waals surface area contributed by atoms with Gasteiger partial charge in [0.15, 0.2) is 0 Å². The van der Waals surface area contributed by atoms with E-state index in [4.69, 9.17) is 11.6 Å². The van der Waals surface area contributed by atoms with Crippen LogP contribution < -0.4 is 10.6 Å². The molecule has 2 aromatic heterocycles. The molecule has 4 rings (SSSR count). The zero-order chi connectivity index (χ0) is 20.2. The SMILES string of the molecule is O=C(N[C@H]1CC[C@H](C(=O)Nc2cnccc2Cl)CC1)c1cccc2cccnc12. The van der Waals surface area contributed by atoms with Crippen molar-refractivity contribution in [3.05, 3.63) is 65.6 Å². The summed E-state index contributed by atoms with van der Waals surface area (Å²) in [5, 5.41) is 7.37. The lowest BCUT2D eigenvalue weighted by Gasteiger charge is -2.28. The predicted octanol–water partition coefficient (Wildman–Crippen LogP) is 4.21. The van der Waals surface area contributed by atoms with Crippen molar-refractivity contribution >= 4 is 40.0 Å². The van der Waals surface area contributed by atoms with E-state index < -0.39 is 0 Å². The molecule has 0 radical (unpaired) electrons. The van der Waals surface area contributed by atoms with Gasteiger partial charge in [0.25, 0.3) is 5.91 Å². The number of carbonyl (C=O) groups is 2. The normalized spacial score (nSPS) is 18.9. The van der Waals surface area contributed by atoms with E-state index in [2.05, 4.69) is 20.6 Å². The molecule has 1 aromatic carbocycles. The number of carbonyl (C=O) groups excluding carboxylic acids is 2. The molecule has 2 amide bonds. The standard InChI is InChI=1S/C22H21ClN4O2/c23-18-10-12-24-13-19(18)27-21(28)15-6-8-16(9-7-15)26-22(29)17-5-1-3-14-4-2-11-25-20(14)17/h1-5,10-13,15-16H,6-9H2,(H,26,29)(H,27,28)/t15-,16-. The molecule has 0 bridgehead atoms. The summed E-state index contributed by atoms with van der Waals surface area (Å²) in [6, 6.07) is 11.1. The topological polar surface area (TPSA) is 84.0 Å². The molecular formula is C22H21ClN4O2. The number of nitrogens with zero attached hydrogens (tertiary/aromatic N) is 2. The van der Waals surface area contributed by atoms with Crippen molar-refractivity contribution in [2.75, 3.05) is 5.32 Å². The Morgan fingerprint density at radius 2 is 1.79 bits per heavy atom. The number of amides is 2. The molecule has 148 valence electrons. The maximum absolute atomic E-state index is 12.8. The summed E-state index contributed by atoms with van der Waals surface area (Å²) in [5.41, 5.74) is 1.81. The Morgan fingerprint density at radius 1 is 1.00 bits per heavy atom. The summed E-state index contributed by atoms with van der Waals surface area (Å²) < 4.78 is 0. The van der Waals surface area contributed by atoms with Crippen molar-refractivity contribution in [2.24, 2.45) is 5.92 Å². The first-order valence-electron chi connectivity index (χ1n) is 9.67. The van der Waals surface area contributed by atoms with E-state index in [1.165, 1.54) is 0 Å². The van der Waals surface area contributed by atoms with Gasteiger partial charge in [-0.05, 0) is 43.9 Å². The average molecular weight is 409 g/mol. The Kier molecular flexibility index (Phi) is 5.71. The van der Waals surface area contributed by atoms with E-state index in [9.17, 15) is 9.59 Å². The van der Waals surface area contributed by atoms with Crippen molar-refractivity contribution in [1.82, 2.24) is 15.3 Å². The number of para-hydroxylation sites is 1. The lowest BCUT2D eigenvalue weighted by atomic mass is 9.85. The number of fused-ring (bicyclic) bond motifs is 1. The molecule has 0 aliphatic heterocycles. The molecule has 7 heteroatoms. The summed E-state index contributed by atoms with van der Waals surface area (Å²) in [6.07, 6.45) is 7.75. The van der Waals surface area contributed by atoms with Gasteiger partial charge in [-0.15, -0.1) is 0 Å². The fourth-order valence-corrected chi connectivity index (χ4v) is 3.91. The van der Waals surface area contributed by atoms with Gasteiger partial charge in [-0.2, -0.15) is 0 Å². The number of aromatic nitrogens is 2. The number of rotatable bonds is 4. The first-order chi connectivity index (χ1) is 14.1. The molecule has 0 saturated heterocycles. The third-order valence-electron chi connectivity index (χ3n) is 5.34. The quantitative estimate of drug-likeness (QED) is 0.677. The summed E-state index contributed by atoms with van der Waals surface area (Å²) in [6.45, 7) is 0. The molecule has 0 unspecified atom stereocenters. The minimum atomic E-state index is -0.121. The molecular weight excluding hydrogens is 388 g/mol. The highest BCUT2D eigenvalue weighted by atomic mass is 35.5. The third-order valence-corrected chi connectivity index (χ3v) is 5.67. The lowest BCUT2D eigenvalue weighted by Crippen LogP contribution is -2.39. The molecule has 2 heterocycles. The minimum absolute atomic E-state index is 0.0486. The van der Waals surface area contributed by atoms with Gasteiger partial charge in [-0.25, -0.2) is 0 Å². The Labute approximate surface area is 173 Å². The van der Waals surface area contributed by atoms with Crippen LogP contribution in [0.25, 0.3) is 10.9 Å². The molecule has 3 aromatic rings. The van der Waals surface area contributed by atoms with Crippen LogP contribution in [-0.2, 0) is 4.79 Å². The number of nitrogens with one attached hydrogen (secondary N) is 2. The van der Waals surface area contributed by atoms with Crippen molar-refractivity contribution in [3.63, 3.8) is 0 Å². The van der Waals surface area contributed by atoms with Gasteiger partial charge in [-0.1, -0.05) is 29.8 Å². The second-order valence-electron chi connectivity index (χ2n) is 7.25. The van der Waals surface area contributed by atoms with Crippen LogP contribution in [0.1, 0.15) is 36.0 Å². The van der Waals surface area contributed by atoms with Crippen molar-refractivity contribution < 1.29 is 9.59 Å².